The van der Waals surface area contributed by atoms with Gasteiger partial charge < -0.3 is 9.80 Å². The normalized spacial score (nSPS) is 16.6. The monoisotopic (exact) mass is 784 g/mol. The first kappa shape index (κ1) is 37.6. The Kier molecular flexibility index (Phi) is 10.1. The molecule has 0 amide bonds. The Morgan fingerprint density at radius 2 is 0.983 bits per heavy atom. The second-order valence-corrected chi connectivity index (χ2v) is 22.2. The van der Waals surface area contributed by atoms with Gasteiger partial charge in [-0.1, -0.05) is 160 Å². The van der Waals surface area contributed by atoms with Crippen molar-refractivity contribution in [2.75, 3.05) is 9.80 Å². The van der Waals surface area contributed by atoms with E-state index < -0.39 is 8.07 Å². The first-order chi connectivity index (χ1) is 29.0. The molecule has 2 saturated carbocycles. The minimum atomic E-state index is -1.86. The molecular formula is C56H56N2Si. The number of hydrogen-bond acceptors (Lipinski definition) is 2. The number of rotatable bonds is 10. The number of hydrogen-bond donors (Lipinski definition) is 0. The molecule has 2 fully saturated rings. The highest BCUT2D eigenvalue weighted by Crippen LogP contribution is 2.48. The van der Waals surface area contributed by atoms with Gasteiger partial charge in [0.25, 0.3) is 0 Å². The Hall–Kier alpha value is -5.64. The van der Waals surface area contributed by atoms with E-state index in [9.17, 15) is 0 Å². The van der Waals surface area contributed by atoms with Crippen LogP contribution in [0.2, 0.25) is 13.1 Å². The third kappa shape index (κ3) is 6.94. The molecule has 0 atom stereocenters. The van der Waals surface area contributed by atoms with E-state index in [0.717, 1.165) is 6.54 Å². The van der Waals surface area contributed by atoms with Crippen LogP contribution in [0.4, 0.5) is 28.4 Å². The first-order valence-electron chi connectivity index (χ1n) is 22.2. The molecule has 294 valence electrons. The second-order valence-electron chi connectivity index (χ2n) is 17.9. The van der Waals surface area contributed by atoms with Crippen molar-refractivity contribution in [2.24, 2.45) is 0 Å². The smallest absolute Gasteiger partial charge is 0.114 e. The van der Waals surface area contributed by atoms with Gasteiger partial charge in [-0.25, -0.2) is 0 Å². The quantitative estimate of drug-likeness (QED) is 0.127. The number of fused-ring (bicyclic) bond motifs is 3. The highest BCUT2D eigenvalue weighted by molar-refractivity contribution is 7.04. The lowest BCUT2D eigenvalue weighted by molar-refractivity contribution is 0.443. The van der Waals surface area contributed by atoms with Gasteiger partial charge in [-0.15, -0.1) is 0 Å². The summed E-state index contributed by atoms with van der Waals surface area (Å²) in [5, 5.41) is 3.15. The average Bonchev–Trinajstić information content (AvgIpc) is 3.89. The Morgan fingerprint density at radius 3 is 1.63 bits per heavy atom. The van der Waals surface area contributed by atoms with Gasteiger partial charge in [0, 0.05) is 40.4 Å². The minimum Gasteiger partial charge on any atom is -0.337 e. The second kappa shape index (κ2) is 15.8. The van der Waals surface area contributed by atoms with E-state index in [1.165, 1.54) is 120 Å². The zero-order chi connectivity index (χ0) is 39.8. The van der Waals surface area contributed by atoms with Gasteiger partial charge in [-0.2, -0.15) is 0 Å². The van der Waals surface area contributed by atoms with Crippen LogP contribution in [-0.2, 0) is 12.0 Å². The van der Waals surface area contributed by atoms with Gasteiger partial charge in [0.1, 0.15) is 8.07 Å². The van der Waals surface area contributed by atoms with Crippen molar-refractivity contribution in [2.45, 2.75) is 88.8 Å². The fourth-order valence-electron chi connectivity index (χ4n) is 11.2. The summed E-state index contributed by atoms with van der Waals surface area (Å²) in [4.78, 5) is 4.95. The van der Waals surface area contributed by atoms with Crippen LogP contribution in [0.1, 0.15) is 86.0 Å². The highest BCUT2D eigenvalue weighted by atomic mass is 28.3. The van der Waals surface area contributed by atoms with Gasteiger partial charge in [0.2, 0.25) is 0 Å². The molecule has 0 aromatic heterocycles. The zero-order valence-corrected chi connectivity index (χ0v) is 35.8. The molecule has 2 aliphatic carbocycles. The largest absolute Gasteiger partial charge is 0.337 e. The number of nitrogens with zero attached hydrogens (tertiary/aromatic N) is 2. The van der Waals surface area contributed by atoms with Crippen LogP contribution in [0.5, 0.6) is 0 Å². The summed E-state index contributed by atoms with van der Waals surface area (Å²) < 4.78 is 0. The Bertz CT molecular complexity index is 2510. The van der Waals surface area contributed by atoms with Crippen molar-refractivity contribution in [3.8, 4) is 11.1 Å². The molecule has 2 nitrogen and oxygen atoms in total. The Morgan fingerprint density at radius 1 is 0.475 bits per heavy atom. The SMILES string of the molecule is C[Si]1(C)c2ccccc2-c2cccc(CN(c3ccccc3)c3ccc(C4(c5ccc(N(c6ccccc6)c6ccc(C7CCCCC7)cc6)cc5)CCCC4)cc3)c21. The van der Waals surface area contributed by atoms with Gasteiger partial charge in [-0.05, 0) is 136 Å². The predicted octanol–water partition coefficient (Wildman–Crippen LogP) is 14.2. The van der Waals surface area contributed by atoms with E-state index in [4.69, 9.17) is 0 Å². The third-order valence-corrected chi connectivity index (χ3v) is 17.8. The molecule has 3 aliphatic rings. The van der Waals surface area contributed by atoms with Crippen molar-refractivity contribution in [1.29, 1.82) is 0 Å². The van der Waals surface area contributed by atoms with Crippen molar-refractivity contribution in [1.82, 2.24) is 0 Å². The molecule has 10 rings (SSSR count). The van der Waals surface area contributed by atoms with Gasteiger partial charge in [-0.3, -0.25) is 0 Å². The van der Waals surface area contributed by atoms with E-state index in [0.29, 0.717) is 5.92 Å². The van der Waals surface area contributed by atoms with Gasteiger partial charge >= 0.3 is 0 Å². The molecule has 0 N–H and O–H groups in total. The summed E-state index contributed by atoms with van der Waals surface area (Å²) in [5.41, 5.74) is 14.8. The minimum absolute atomic E-state index is 0.00944. The van der Waals surface area contributed by atoms with Gasteiger partial charge in [0.15, 0.2) is 0 Å². The summed E-state index contributed by atoms with van der Waals surface area (Å²) in [6.07, 6.45) is 11.6. The lowest BCUT2D eigenvalue weighted by atomic mass is 9.73. The Balaban J connectivity index is 0.962. The molecule has 0 radical (unpaired) electrons. The molecule has 0 saturated heterocycles. The van der Waals surface area contributed by atoms with Crippen LogP contribution < -0.4 is 20.2 Å². The lowest BCUT2D eigenvalue weighted by Crippen LogP contribution is -2.51. The van der Waals surface area contributed by atoms with Crippen molar-refractivity contribution in [3.05, 3.63) is 198 Å². The van der Waals surface area contributed by atoms with Gasteiger partial charge in [0.05, 0.1) is 0 Å². The zero-order valence-electron chi connectivity index (χ0n) is 34.8. The number of benzene rings is 7. The number of anilines is 5. The van der Waals surface area contributed by atoms with Crippen LogP contribution in [0.3, 0.4) is 0 Å². The fraction of sp³-hybridized carbons (Fsp3) is 0.250. The predicted molar refractivity (Wildman–Crippen MR) is 254 cm³/mol. The van der Waals surface area contributed by atoms with E-state index in [1.54, 1.807) is 10.4 Å². The summed E-state index contributed by atoms with van der Waals surface area (Å²) in [6.45, 7) is 5.90. The molecule has 0 bridgehead atoms. The van der Waals surface area contributed by atoms with E-state index >= 15 is 0 Å². The first-order valence-corrected chi connectivity index (χ1v) is 25.2. The van der Waals surface area contributed by atoms with E-state index in [-0.39, 0.29) is 5.41 Å². The molecule has 0 spiro atoms. The summed E-state index contributed by atoms with van der Waals surface area (Å²) in [6, 6.07) is 66.7. The van der Waals surface area contributed by atoms with Crippen molar-refractivity contribution >= 4 is 46.9 Å². The fourth-order valence-corrected chi connectivity index (χ4v) is 14.7. The van der Waals surface area contributed by atoms with E-state index in [2.05, 4.69) is 199 Å². The third-order valence-electron chi connectivity index (χ3n) is 14.2. The molecule has 59 heavy (non-hydrogen) atoms. The van der Waals surface area contributed by atoms with Crippen LogP contribution in [0.25, 0.3) is 11.1 Å². The molecule has 7 aromatic rings. The van der Waals surface area contributed by atoms with Crippen molar-refractivity contribution in [3.63, 3.8) is 0 Å². The average molecular weight is 785 g/mol. The van der Waals surface area contributed by atoms with Crippen LogP contribution in [0, 0.1) is 0 Å². The van der Waals surface area contributed by atoms with Crippen LogP contribution in [0.15, 0.2) is 176 Å². The lowest BCUT2D eigenvalue weighted by Gasteiger charge is -2.33. The molecular weight excluding hydrogens is 729 g/mol. The maximum atomic E-state index is 2.53. The molecule has 1 heterocycles. The van der Waals surface area contributed by atoms with E-state index in [1.807, 2.05) is 0 Å². The maximum absolute atomic E-state index is 2.53. The Labute approximate surface area is 353 Å². The maximum Gasteiger partial charge on any atom is 0.114 e. The number of para-hydroxylation sites is 2. The molecule has 0 unspecified atom stereocenters. The van der Waals surface area contributed by atoms with Crippen LogP contribution in [-0.4, -0.2) is 8.07 Å². The highest BCUT2D eigenvalue weighted by Gasteiger charge is 2.40. The summed E-state index contributed by atoms with van der Waals surface area (Å²) in [7, 11) is -1.86. The summed E-state index contributed by atoms with van der Waals surface area (Å²) >= 11 is 0. The van der Waals surface area contributed by atoms with Crippen molar-refractivity contribution < 1.29 is 0 Å². The topological polar surface area (TPSA) is 6.48 Å². The molecule has 7 aromatic carbocycles. The standard InChI is InChI=1S/C56H56N2Si/c1-59(2)54-26-13-12-24-52(54)53-25-16-19-44(55(53)59)41-57(47-20-8-4-9-21-47)48-35-29-45(30-36-48)56(39-14-15-40-56)46-31-37-51(38-32-46)58(49-22-10-5-11-23-49)50-33-27-43(28-34-50)42-17-6-3-7-18-42/h4-5,8-13,16,19-38,42H,3,6-7,14-15,17-18,39-41H2,1-2H3. The summed E-state index contributed by atoms with van der Waals surface area (Å²) in [5.74, 6) is 0.706. The molecule has 1 aliphatic heterocycles. The molecule has 3 heteroatoms. The van der Waals surface area contributed by atoms with Crippen LogP contribution >= 0.6 is 0 Å².